The van der Waals surface area contributed by atoms with Crippen LogP contribution in [-0.4, -0.2) is 30.4 Å². The van der Waals surface area contributed by atoms with Crippen molar-refractivity contribution in [2.45, 2.75) is 51.5 Å². The molecule has 0 saturated heterocycles. The van der Waals surface area contributed by atoms with Gasteiger partial charge in [0, 0.05) is 19.0 Å². The maximum Gasteiger partial charge on any atom is 0.0921 e. The second kappa shape index (κ2) is 6.11. The molecule has 0 aromatic heterocycles. The van der Waals surface area contributed by atoms with Gasteiger partial charge >= 0.3 is 0 Å². The van der Waals surface area contributed by atoms with Gasteiger partial charge in [-0.2, -0.15) is 0 Å². The number of hydrogen-bond donors (Lipinski definition) is 2. The number of nitrogens with one attached hydrogen (secondary N) is 1. The number of nitrogens with two attached hydrogens (primary N) is 1. The zero-order valence-corrected chi connectivity index (χ0v) is 10.1. The Morgan fingerprint density at radius 3 is 2.53 bits per heavy atom. The molecule has 0 spiro atoms. The number of nitrogens with zero attached hydrogens (tertiary/aromatic N) is 1. The first-order chi connectivity index (χ1) is 7.13. The molecular formula is C12H25N3. The lowest BCUT2D eigenvalue weighted by Gasteiger charge is -2.29. The van der Waals surface area contributed by atoms with E-state index in [9.17, 15) is 0 Å². The lowest BCUT2D eigenvalue weighted by molar-refractivity contribution is 0.205. The van der Waals surface area contributed by atoms with E-state index >= 15 is 0 Å². The van der Waals surface area contributed by atoms with Crippen molar-refractivity contribution in [2.75, 3.05) is 13.6 Å². The van der Waals surface area contributed by atoms with Crippen LogP contribution in [0.1, 0.15) is 45.4 Å². The largest absolute Gasteiger partial charge is 0.388 e. The van der Waals surface area contributed by atoms with Crippen LogP contribution in [0.4, 0.5) is 0 Å². The Hall–Kier alpha value is -0.570. The van der Waals surface area contributed by atoms with Crippen LogP contribution < -0.4 is 5.73 Å². The molecule has 1 fully saturated rings. The average molecular weight is 211 g/mol. The van der Waals surface area contributed by atoms with Crippen molar-refractivity contribution in [1.29, 1.82) is 5.41 Å². The first kappa shape index (κ1) is 12.5. The summed E-state index contributed by atoms with van der Waals surface area (Å²) in [7, 11) is 2.18. The van der Waals surface area contributed by atoms with Crippen LogP contribution in [0.3, 0.4) is 0 Å². The molecule has 1 aliphatic carbocycles. The molecule has 3 N–H and O–H groups in total. The molecule has 1 unspecified atom stereocenters. The van der Waals surface area contributed by atoms with Crippen LogP contribution in [0.25, 0.3) is 0 Å². The SMILES string of the molecule is CCC(CC(=N)N)N(C)CC1CCCC1. The summed E-state index contributed by atoms with van der Waals surface area (Å²) < 4.78 is 0. The standard InChI is InChI=1S/C12H25N3/c1-3-11(8-12(13)14)15(2)9-10-6-4-5-7-10/h10-11H,3-9H2,1-2H3,(H3,13,14). The smallest absolute Gasteiger partial charge is 0.0921 e. The van der Waals surface area contributed by atoms with Gasteiger partial charge in [-0.15, -0.1) is 0 Å². The molecular weight excluding hydrogens is 186 g/mol. The lowest BCUT2D eigenvalue weighted by atomic mass is 10.0. The second-order valence-electron chi connectivity index (χ2n) is 4.88. The van der Waals surface area contributed by atoms with Gasteiger partial charge in [0.05, 0.1) is 5.84 Å². The Kier molecular flexibility index (Phi) is 5.09. The molecule has 88 valence electrons. The highest BCUT2D eigenvalue weighted by Crippen LogP contribution is 2.26. The van der Waals surface area contributed by atoms with Crippen LogP contribution >= 0.6 is 0 Å². The topological polar surface area (TPSA) is 53.1 Å². The van der Waals surface area contributed by atoms with Crippen molar-refractivity contribution in [3.63, 3.8) is 0 Å². The summed E-state index contributed by atoms with van der Waals surface area (Å²) in [5, 5.41) is 7.36. The van der Waals surface area contributed by atoms with E-state index in [0.717, 1.165) is 18.8 Å². The Labute approximate surface area is 93.5 Å². The van der Waals surface area contributed by atoms with E-state index in [1.54, 1.807) is 0 Å². The molecule has 1 rings (SSSR count). The van der Waals surface area contributed by atoms with Crippen LogP contribution in [0.5, 0.6) is 0 Å². The van der Waals surface area contributed by atoms with Gasteiger partial charge in [-0.3, -0.25) is 5.41 Å². The Bertz CT molecular complexity index is 197. The number of rotatable bonds is 6. The fourth-order valence-corrected chi connectivity index (χ4v) is 2.61. The van der Waals surface area contributed by atoms with E-state index in [4.69, 9.17) is 11.1 Å². The highest BCUT2D eigenvalue weighted by atomic mass is 15.1. The number of amidine groups is 1. The molecule has 3 heteroatoms. The Morgan fingerprint density at radius 2 is 2.07 bits per heavy atom. The van der Waals surface area contributed by atoms with Gasteiger partial charge in [-0.1, -0.05) is 19.8 Å². The van der Waals surface area contributed by atoms with E-state index in [1.165, 1.54) is 32.2 Å². The molecule has 0 bridgehead atoms. The average Bonchev–Trinajstić information content (AvgIpc) is 2.66. The van der Waals surface area contributed by atoms with Crippen LogP contribution in [0.2, 0.25) is 0 Å². The highest BCUT2D eigenvalue weighted by molar-refractivity contribution is 5.77. The third-order valence-corrected chi connectivity index (χ3v) is 3.57. The fraction of sp³-hybridized carbons (Fsp3) is 0.917. The van der Waals surface area contributed by atoms with Gasteiger partial charge in [0.25, 0.3) is 0 Å². The van der Waals surface area contributed by atoms with E-state index in [1.807, 2.05) is 0 Å². The first-order valence-corrected chi connectivity index (χ1v) is 6.16. The van der Waals surface area contributed by atoms with Crippen molar-refractivity contribution in [1.82, 2.24) is 4.90 Å². The second-order valence-corrected chi connectivity index (χ2v) is 4.88. The molecule has 0 aliphatic heterocycles. The van der Waals surface area contributed by atoms with Gasteiger partial charge < -0.3 is 10.6 Å². The van der Waals surface area contributed by atoms with Gasteiger partial charge in [0.2, 0.25) is 0 Å². The molecule has 3 nitrogen and oxygen atoms in total. The molecule has 0 radical (unpaired) electrons. The minimum Gasteiger partial charge on any atom is -0.388 e. The molecule has 0 aromatic carbocycles. The maximum atomic E-state index is 7.36. The summed E-state index contributed by atoms with van der Waals surface area (Å²) in [6.45, 7) is 3.37. The summed E-state index contributed by atoms with van der Waals surface area (Å²) in [5.41, 5.74) is 5.47. The van der Waals surface area contributed by atoms with Crippen LogP contribution in [-0.2, 0) is 0 Å². The van der Waals surface area contributed by atoms with Crippen molar-refractivity contribution in [3.8, 4) is 0 Å². The molecule has 0 amide bonds. The van der Waals surface area contributed by atoms with Crippen molar-refractivity contribution >= 4 is 5.84 Å². The van der Waals surface area contributed by atoms with Crippen LogP contribution in [0, 0.1) is 11.3 Å². The van der Waals surface area contributed by atoms with Crippen molar-refractivity contribution < 1.29 is 0 Å². The first-order valence-electron chi connectivity index (χ1n) is 6.16. The quantitative estimate of drug-likeness (QED) is 0.523. The highest BCUT2D eigenvalue weighted by Gasteiger charge is 2.20. The fourth-order valence-electron chi connectivity index (χ4n) is 2.61. The Balaban J connectivity index is 2.34. The summed E-state index contributed by atoms with van der Waals surface area (Å²) in [6, 6.07) is 0.461. The minimum atomic E-state index is 0.320. The lowest BCUT2D eigenvalue weighted by Crippen LogP contribution is -2.37. The third kappa shape index (κ3) is 4.20. The Morgan fingerprint density at radius 1 is 1.47 bits per heavy atom. The van der Waals surface area contributed by atoms with Crippen LogP contribution in [0.15, 0.2) is 0 Å². The minimum absolute atomic E-state index is 0.320. The van der Waals surface area contributed by atoms with Gasteiger partial charge in [-0.05, 0) is 32.2 Å². The summed E-state index contributed by atoms with van der Waals surface area (Å²) in [5.74, 6) is 1.20. The summed E-state index contributed by atoms with van der Waals surface area (Å²) >= 11 is 0. The van der Waals surface area contributed by atoms with Crippen molar-refractivity contribution in [2.24, 2.45) is 11.7 Å². The molecule has 1 aliphatic rings. The molecule has 0 heterocycles. The monoisotopic (exact) mass is 211 g/mol. The predicted octanol–water partition coefficient (Wildman–Crippen LogP) is 2.21. The third-order valence-electron chi connectivity index (χ3n) is 3.57. The van der Waals surface area contributed by atoms with E-state index < -0.39 is 0 Å². The molecule has 0 aromatic rings. The van der Waals surface area contributed by atoms with E-state index in [2.05, 4.69) is 18.9 Å². The summed E-state index contributed by atoms with van der Waals surface area (Å²) in [6.07, 6.45) is 7.40. The molecule has 15 heavy (non-hydrogen) atoms. The number of hydrogen-bond acceptors (Lipinski definition) is 2. The van der Waals surface area contributed by atoms with Gasteiger partial charge in [0.15, 0.2) is 0 Å². The maximum absolute atomic E-state index is 7.36. The normalized spacial score (nSPS) is 19.7. The van der Waals surface area contributed by atoms with Gasteiger partial charge in [-0.25, -0.2) is 0 Å². The van der Waals surface area contributed by atoms with E-state index in [0.29, 0.717) is 11.9 Å². The molecule has 1 atom stereocenters. The zero-order chi connectivity index (χ0) is 11.3. The molecule has 1 saturated carbocycles. The predicted molar refractivity (Wildman–Crippen MR) is 65.2 cm³/mol. The van der Waals surface area contributed by atoms with E-state index in [-0.39, 0.29) is 0 Å². The zero-order valence-electron chi connectivity index (χ0n) is 10.1. The van der Waals surface area contributed by atoms with Crippen molar-refractivity contribution in [3.05, 3.63) is 0 Å². The van der Waals surface area contributed by atoms with Gasteiger partial charge in [0.1, 0.15) is 0 Å². The summed E-state index contributed by atoms with van der Waals surface area (Å²) in [4.78, 5) is 2.40.